The molecule has 1 aliphatic rings. The molecule has 0 radical (unpaired) electrons. The Bertz CT molecular complexity index is 920. The third kappa shape index (κ3) is 2.86. The Morgan fingerprint density at radius 3 is 2.44 bits per heavy atom. The highest BCUT2D eigenvalue weighted by atomic mass is 16.5. The number of amidine groups is 1. The summed E-state index contributed by atoms with van der Waals surface area (Å²) in [6.07, 6.45) is 1.41. The number of nitrogens with two attached hydrogens (primary N) is 2. The van der Waals surface area contributed by atoms with E-state index in [0.717, 1.165) is 11.1 Å². The lowest BCUT2D eigenvalue weighted by molar-refractivity contribution is 0.409. The molecule has 0 aromatic heterocycles. The number of aliphatic imine (C=N–C) groups is 1. The van der Waals surface area contributed by atoms with Crippen LogP contribution in [0.4, 0.5) is 0 Å². The van der Waals surface area contributed by atoms with Crippen molar-refractivity contribution in [3.05, 3.63) is 83.1 Å². The second-order valence-corrected chi connectivity index (χ2v) is 5.53. The number of hydrogen-bond donors (Lipinski definition) is 2. The number of para-hydroxylation sites is 1. The number of hydrogen-bond acceptors (Lipinski definition) is 5. The van der Waals surface area contributed by atoms with Crippen molar-refractivity contribution in [2.75, 3.05) is 7.11 Å². The van der Waals surface area contributed by atoms with Crippen LogP contribution >= 0.6 is 0 Å². The van der Waals surface area contributed by atoms with Crippen molar-refractivity contribution in [1.29, 1.82) is 5.26 Å². The van der Waals surface area contributed by atoms with E-state index in [9.17, 15) is 5.26 Å². The normalized spacial score (nSPS) is 18.6. The summed E-state index contributed by atoms with van der Waals surface area (Å²) in [7, 11) is 1.60. The SMILES string of the molecule is COc1ccccc1C1C(C#N)=C(c2ccccc2)N=C(N)/C1=C\N. The third-order valence-corrected chi connectivity index (χ3v) is 4.18. The molecule has 0 spiro atoms. The molecule has 5 heteroatoms. The summed E-state index contributed by atoms with van der Waals surface area (Å²) in [5.41, 5.74) is 15.3. The Labute approximate surface area is 146 Å². The van der Waals surface area contributed by atoms with Crippen molar-refractivity contribution in [2.24, 2.45) is 16.5 Å². The Balaban J connectivity index is 2.29. The molecule has 1 atom stereocenters. The molecule has 124 valence electrons. The summed E-state index contributed by atoms with van der Waals surface area (Å²) in [5.74, 6) is 0.539. The van der Waals surface area contributed by atoms with Crippen molar-refractivity contribution in [1.82, 2.24) is 0 Å². The van der Waals surface area contributed by atoms with E-state index >= 15 is 0 Å². The van der Waals surface area contributed by atoms with Crippen LogP contribution < -0.4 is 16.2 Å². The maximum atomic E-state index is 9.89. The Morgan fingerprint density at radius 2 is 1.80 bits per heavy atom. The summed E-state index contributed by atoms with van der Waals surface area (Å²) >= 11 is 0. The van der Waals surface area contributed by atoms with Gasteiger partial charge in [0.15, 0.2) is 0 Å². The largest absolute Gasteiger partial charge is 0.496 e. The van der Waals surface area contributed by atoms with Crippen molar-refractivity contribution in [3.8, 4) is 11.8 Å². The molecule has 0 saturated heterocycles. The van der Waals surface area contributed by atoms with Crippen molar-refractivity contribution in [2.45, 2.75) is 5.92 Å². The van der Waals surface area contributed by atoms with Crippen molar-refractivity contribution in [3.63, 3.8) is 0 Å². The van der Waals surface area contributed by atoms with Crippen LogP contribution in [0.15, 0.2) is 76.9 Å². The number of rotatable bonds is 3. The predicted molar refractivity (Wildman–Crippen MR) is 98.6 cm³/mol. The van der Waals surface area contributed by atoms with E-state index in [1.165, 1.54) is 6.20 Å². The fraction of sp³-hybridized carbons (Fsp3) is 0.100. The van der Waals surface area contributed by atoms with Gasteiger partial charge in [-0.05, 0) is 6.07 Å². The average molecular weight is 330 g/mol. The molecular weight excluding hydrogens is 312 g/mol. The van der Waals surface area contributed by atoms with Crippen LogP contribution in [-0.2, 0) is 0 Å². The van der Waals surface area contributed by atoms with Gasteiger partial charge in [0.25, 0.3) is 0 Å². The molecule has 1 unspecified atom stereocenters. The zero-order valence-electron chi connectivity index (χ0n) is 13.8. The first kappa shape index (κ1) is 16.3. The summed E-state index contributed by atoms with van der Waals surface area (Å²) in [5, 5.41) is 9.89. The van der Waals surface area contributed by atoms with Crippen LogP contribution in [0.25, 0.3) is 5.70 Å². The average Bonchev–Trinajstić information content (AvgIpc) is 2.67. The molecule has 25 heavy (non-hydrogen) atoms. The van der Waals surface area contributed by atoms with Crippen LogP contribution in [-0.4, -0.2) is 12.9 Å². The van der Waals surface area contributed by atoms with Crippen molar-refractivity contribution >= 4 is 11.5 Å². The molecule has 0 fully saturated rings. The second kappa shape index (κ2) is 6.93. The summed E-state index contributed by atoms with van der Waals surface area (Å²) in [6.45, 7) is 0. The van der Waals surface area contributed by atoms with E-state index in [0.29, 0.717) is 28.4 Å². The zero-order chi connectivity index (χ0) is 17.8. The summed E-state index contributed by atoms with van der Waals surface area (Å²) < 4.78 is 5.48. The van der Waals surface area contributed by atoms with Gasteiger partial charge in [-0.1, -0.05) is 48.5 Å². The first-order valence-electron chi connectivity index (χ1n) is 7.80. The van der Waals surface area contributed by atoms with Crippen LogP contribution in [0, 0.1) is 11.3 Å². The molecule has 0 amide bonds. The number of ether oxygens (including phenoxy) is 1. The van der Waals surface area contributed by atoms with E-state index in [2.05, 4.69) is 11.1 Å². The highest BCUT2D eigenvalue weighted by Gasteiger charge is 2.32. The van der Waals surface area contributed by atoms with E-state index in [-0.39, 0.29) is 0 Å². The maximum absolute atomic E-state index is 9.89. The Morgan fingerprint density at radius 1 is 1.12 bits per heavy atom. The molecule has 0 aliphatic carbocycles. The number of nitrogens with zero attached hydrogens (tertiary/aromatic N) is 2. The van der Waals surface area contributed by atoms with Gasteiger partial charge in [0.05, 0.1) is 30.4 Å². The highest BCUT2D eigenvalue weighted by molar-refractivity contribution is 6.05. The summed E-state index contributed by atoms with van der Waals surface area (Å²) in [6, 6.07) is 19.3. The van der Waals surface area contributed by atoms with Gasteiger partial charge < -0.3 is 16.2 Å². The zero-order valence-corrected chi connectivity index (χ0v) is 13.8. The van der Waals surface area contributed by atoms with Gasteiger partial charge in [0, 0.05) is 22.9 Å². The lowest BCUT2D eigenvalue weighted by atomic mass is 9.80. The van der Waals surface area contributed by atoms with Gasteiger partial charge in [0.1, 0.15) is 11.6 Å². The van der Waals surface area contributed by atoms with Crippen LogP contribution in [0.1, 0.15) is 17.0 Å². The molecule has 1 aliphatic heterocycles. The van der Waals surface area contributed by atoms with Gasteiger partial charge in [-0.25, -0.2) is 4.99 Å². The van der Waals surface area contributed by atoms with Crippen LogP contribution in [0.2, 0.25) is 0 Å². The van der Waals surface area contributed by atoms with Gasteiger partial charge in [-0.15, -0.1) is 0 Å². The van der Waals surface area contributed by atoms with E-state index in [4.69, 9.17) is 16.2 Å². The molecular formula is C20H18N4O. The molecule has 1 heterocycles. The number of allylic oxidation sites excluding steroid dienone is 1. The minimum Gasteiger partial charge on any atom is -0.496 e. The Hall–Kier alpha value is -3.52. The molecule has 5 nitrogen and oxygen atoms in total. The molecule has 2 aromatic rings. The monoisotopic (exact) mass is 330 g/mol. The number of nitriles is 1. The van der Waals surface area contributed by atoms with Crippen LogP contribution in [0.3, 0.4) is 0 Å². The first-order chi connectivity index (χ1) is 12.2. The fourth-order valence-corrected chi connectivity index (χ4v) is 3.03. The maximum Gasteiger partial charge on any atom is 0.129 e. The molecule has 3 rings (SSSR count). The standard InChI is InChI=1S/C20H18N4O/c1-25-17-10-6-5-9-14(17)18-15(11-21)19(13-7-3-2-4-8-13)24-20(23)16(18)12-22/h2-10,12,18H,22H2,1H3,(H2,23,24)/b16-12-. The first-order valence-corrected chi connectivity index (χ1v) is 7.80. The quantitative estimate of drug-likeness (QED) is 0.904. The van der Waals surface area contributed by atoms with Gasteiger partial charge in [0.2, 0.25) is 0 Å². The second-order valence-electron chi connectivity index (χ2n) is 5.53. The lowest BCUT2D eigenvalue weighted by Crippen LogP contribution is -2.26. The molecule has 4 N–H and O–H groups in total. The van der Waals surface area contributed by atoms with Crippen molar-refractivity contribution < 1.29 is 4.74 Å². The fourth-order valence-electron chi connectivity index (χ4n) is 3.03. The van der Waals surface area contributed by atoms with E-state index in [1.807, 2.05) is 54.6 Å². The molecule has 0 bridgehead atoms. The lowest BCUT2D eigenvalue weighted by Gasteiger charge is -2.27. The van der Waals surface area contributed by atoms with E-state index in [1.54, 1.807) is 7.11 Å². The third-order valence-electron chi connectivity index (χ3n) is 4.18. The molecule has 0 saturated carbocycles. The van der Waals surface area contributed by atoms with E-state index < -0.39 is 5.92 Å². The topological polar surface area (TPSA) is 97.4 Å². The minimum absolute atomic E-state index is 0.302. The highest BCUT2D eigenvalue weighted by Crippen LogP contribution is 2.43. The van der Waals surface area contributed by atoms with Crippen LogP contribution in [0.5, 0.6) is 5.75 Å². The predicted octanol–water partition coefficient (Wildman–Crippen LogP) is 2.93. The summed E-state index contributed by atoms with van der Waals surface area (Å²) in [4.78, 5) is 4.45. The number of benzene rings is 2. The number of methoxy groups -OCH3 is 1. The molecule has 2 aromatic carbocycles. The van der Waals surface area contributed by atoms with Gasteiger partial charge in [-0.2, -0.15) is 5.26 Å². The van der Waals surface area contributed by atoms with Gasteiger partial charge in [-0.3, -0.25) is 0 Å². The van der Waals surface area contributed by atoms with Gasteiger partial charge >= 0.3 is 0 Å². The smallest absolute Gasteiger partial charge is 0.129 e. The Kier molecular flexibility index (Phi) is 4.53. The minimum atomic E-state index is -0.432.